The van der Waals surface area contributed by atoms with E-state index in [4.69, 9.17) is 18.9 Å². The van der Waals surface area contributed by atoms with Gasteiger partial charge >= 0.3 is 5.97 Å². The molecule has 0 aliphatic heterocycles. The Hall–Kier alpha value is -2.53. The van der Waals surface area contributed by atoms with Gasteiger partial charge in [-0.1, -0.05) is 18.2 Å². The maximum Gasteiger partial charge on any atom is 0.341 e. The van der Waals surface area contributed by atoms with E-state index in [1.54, 1.807) is 12.1 Å². The highest BCUT2D eigenvalue weighted by Gasteiger charge is 2.15. The molecule has 2 aromatic rings. The van der Waals surface area contributed by atoms with Gasteiger partial charge < -0.3 is 18.9 Å². The van der Waals surface area contributed by atoms with Crippen molar-refractivity contribution in [2.45, 2.75) is 6.92 Å². The Morgan fingerprint density at radius 2 is 1.65 bits per heavy atom. The first-order valence-electron chi connectivity index (χ1n) is 7.27. The predicted molar refractivity (Wildman–Crippen MR) is 86.9 cm³/mol. The minimum atomic E-state index is -0.455. The smallest absolute Gasteiger partial charge is 0.341 e. The molecule has 0 atom stereocenters. The van der Waals surface area contributed by atoms with Crippen molar-refractivity contribution in [3.63, 3.8) is 0 Å². The maximum absolute atomic E-state index is 12.0. The number of benzene rings is 2. The summed E-state index contributed by atoms with van der Waals surface area (Å²) < 4.78 is 20.5. The summed E-state index contributed by atoms with van der Waals surface area (Å²) in [5.74, 6) is 0.779. The number of hydrogen-bond donors (Lipinski definition) is 0. The summed E-state index contributed by atoms with van der Waals surface area (Å²) in [7, 11) is 2.86. The van der Waals surface area contributed by atoms with Crippen molar-refractivity contribution in [1.82, 2.24) is 0 Å². The molecule has 0 N–H and O–H groups in total. The van der Waals surface area contributed by atoms with Gasteiger partial charge in [-0.2, -0.15) is 0 Å². The molecule has 0 bridgehead atoms. The van der Waals surface area contributed by atoms with Crippen LogP contribution >= 0.6 is 0 Å². The molecule has 0 aliphatic rings. The lowest BCUT2D eigenvalue weighted by atomic mass is 10.0. The fourth-order valence-corrected chi connectivity index (χ4v) is 2.14. The summed E-state index contributed by atoms with van der Waals surface area (Å²) in [5, 5.41) is 0. The molecule has 0 fully saturated rings. The highest BCUT2D eigenvalue weighted by atomic mass is 16.7. The van der Waals surface area contributed by atoms with Gasteiger partial charge in [-0.15, -0.1) is 0 Å². The van der Waals surface area contributed by atoms with Crippen molar-refractivity contribution >= 4 is 5.97 Å². The molecular formula is C18H20O5. The van der Waals surface area contributed by atoms with Crippen LogP contribution in [0.15, 0.2) is 42.5 Å². The van der Waals surface area contributed by atoms with Gasteiger partial charge in [0, 0.05) is 7.11 Å². The van der Waals surface area contributed by atoms with Crippen LogP contribution in [-0.4, -0.2) is 33.6 Å². The van der Waals surface area contributed by atoms with Gasteiger partial charge in [-0.3, -0.25) is 0 Å². The second-order valence-corrected chi connectivity index (χ2v) is 4.71. The van der Waals surface area contributed by atoms with Gasteiger partial charge in [0.05, 0.1) is 13.7 Å². The molecule has 122 valence electrons. The highest BCUT2D eigenvalue weighted by molar-refractivity contribution is 5.94. The van der Waals surface area contributed by atoms with E-state index in [2.05, 4.69) is 0 Å². The van der Waals surface area contributed by atoms with Crippen molar-refractivity contribution in [1.29, 1.82) is 0 Å². The van der Waals surface area contributed by atoms with Crippen LogP contribution in [0.1, 0.15) is 17.3 Å². The molecule has 5 nitrogen and oxygen atoms in total. The van der Waals surface area contributed by atoms with Crippen LogP contribution in [0.5, 0.6) is 11.5 Å². The first-order valence-corrected chi connectivity index (χ1v) is 7.27. The quantitative estimate of drug-likeness (QED) is 0.578. The normalized spacial score (nSPS) is 10.2. The zero-order chi connectivity index (χ0) is 16.7. The first-order chi connectivity index (χ1) is 11.2. The van der Waals surface area contributed by atoms with E-state index in [9.17, 15) is 4.79 Å². The summed E-state index contributed by atoms with van der Waals surface area (Å²) in [5.41, 5.74) is 2.21. The zero-order valence-electron chi connectivity index (χ0n) is 13.5. The van der Waals surface area contributed by atoms with Gasteiger partial charge in [0.1, 0.15) is 17.1 Å². The lowest BCUT2D eigenvalue weighted by molar-refractivity contribution is 0.0465. The molecule has 0 saturated heterocycles. The molecule has 0 aliphatic carbocycles. The minimum Gasteiger partial charge on any atom is -0.494 e. The predicted octanol–water partition coefficient (Wildman–Crippen LogP) is 3.52. The first kappa shape index (κ1) is 16.8. The maximum atomic E-state index is 12.0. The molecule has 0 heterocycles. The van der Waals surface area contributed by atoms with E-state index in [1.165, 1.54) is 14.2 Å². The van der Waals surface area contributed by atoms with Crippen LogP contribution in [0.25, 0.3) is 11.1 Å². The Bertz CT molecular complexity index is 649. The number of ether oxygens (including phenoxy) is 4. The van der Waals surface area contributed by atoms with Crippen molar-refractivity contribution in [3.8, 4) is 22.6 Å². The average molecular weight is 316 g/mol. The summed E-state index contributed by atoms with van der Waals surface area (Å²) in [4.78, 5) is 12.0. The van der Waals surface area contributed by atoms with Crippen LogP contribution in [0.2, 0.25) is 0 Å². The third-order valence-corrected chi connectivity index (χ3v) is 3.22. The largest absolute Gasteiger partial charge is 0.494 e. The van der Waals surface area contributed by atoms with Crippen molar-refractivity contribution < 1.29 is 23.7 Å². The van der Waals surface area contributed by atoms with Crippen LogP contribution in [-0.2, 0) is 9.47 Å². The molecule has 0 spiro atoms. The lowest BCUT2D eigenvalue weighted by Crippen LogP contribution is -2.07. The molecule has 0 unspecified atom stereocenters. The topological polar surface area (TPSA) is 54.0 Å². The third kappa shape index (κ3) is 4.23. The lowest BCUT2D eigenvalue weighted by Gasteiger charge is -2.12. The molecule has 5 heteroatoms. The van der Waals surface area contributed by atoms with E-state index in [1.807, 2.05) is 37.3 Å². The molecule has 0 radical (unpaired) electrons. The van der Waals surface area contributed by atoms with Gasteiger partial charge in [0.15, 0.2) is 6.79 Å². The number of rotatable bonds is 7. The van der Waals surface area contributed by atoms with Crippen molar-refractivity contribution in [3.05, 3.63) is 48.0 Å². The Morgan fingerprint density at radius 1 is 0.957 bits per heavy atom. The molecule has 0 saturated carbocycles. The van der Waals surface area contributed by atoms with Gasteiger partial charge in [-0.25, -0.2) is 4.79 Å². The Balaban J connectivity index is 2.33. The summed E-state index contributed by atoms with van der Waals surface area (Å²) in [6, 6.07) is 13.0. The van der Waals surface area contributed by atoms with Crippen LogP contribution in [0.3, 0.4) is 0 Å². The number of carbonyl (C=O) groups is 1. The molecular weight excluding hydrogens is 296 g/mol. The number of methoxy groups -OCH3 is 2. The van der Waals surface area contributed by atoms with Crippen molar-refractivity contribution in [2.24, 2.45) is 0 Å². The van der Waals surface area contributed by atoms with Gasteiger partial charge in [-0.05, 0) is 42.3 Å². The van der Waals surface area contributed by atoms with Crippen LogP contribution < -0.4 is 9.47 Å². The van der Waals surface area contributed by atoms with E-state index in [0.717, 1.165) is 16.9 Å². The van der Waals surface area contributed by atoms with Gasteiger partial charge in [0.25, 0.3) is 0 Å². The van der Waals surface area contributed by atoms with Crippen LogP contribution in [0, 0.1) is 0 Å². The monoisotopic (exact) mass is 316 g/mol. The molecule has 0 aromatic heterocycles. The fourth-order valence-electron chi connectivity index (χ4n) is 2.14. The van der Waals surface area contributed by atoms with E-state index < -0.39 is 5.97 Å². The fraction of sp³-hybridized carbons (Fsp3) is 0.278. The standard InChI is InChI=1S/C18H20O5/c1-4-22-15-8-5-13(6-9-15)14-7-10-17(23-12-20-2)16(11-14)18(19)21-3/h5-11H,4,12H2,1-3H3. The Kier molecular flexibility index (Phi) is 6.00. The molecule has 0 amide bonds. The molecule has 23 heavy (non-hydrogen) atoms. The SMILES string of the molecule is CCOc1ccc(-c2ccc(OCOC)c(C(=O)OC)c2)cc1. The van der Waals surface area contributed by atoms with E-state index >= 15 is 0 Å². The number of hydrogen-bond acceptors (Lipinski definition) is 5. The van der Waals surface area contributed by atoms with Crippen LogP contribution in [0.4, 0.5) is 0 Å². The summed E-state index contributed by atoms with van der Waals surface area (Å²) >= 11 is 0. The third-order valence-electron chi connectivity index (χ3n) is 3.22. The molecule has 2 rings (SSSR count). The van der Waals surface area contributed by atoms with E-state index in [0.29, 0.717) is 17.9 Å². The van der Waals surface area contributed by atoms with Crippen molar-refractivity contribution in [2.75, 3.05) is 27.6 Å². The minimum absolute atomic E-state index is 0.0619. The van der Waals surface area contributed by atoms with E-state index in [-0.39, 0.29) is 6.79 Å². The second-order valence-electron chi connectivity index (χ2n) is 4.71. The second kappa shape index (κ2) is 8.19. The zero-order valence-corrected chi connectivity index (χ0v) is 13.5. The number of esters is 1. The average Bonchev–Trinajstić information content (AvgIpc) is 2.60. The highest BCUT2D eigenvalue weighted by Crippen LogP contribution is 2.28. The number of carbonyl (C=O) groups excluding carboxylic acids is 1. The summed E-state index contributed by atoms with van der Waals surface area (Å²) in [6.07, 6.45) is 0. The summed E-state index contributed by atoms with van der Waals surface area (Å²) in [6.45, 7) is 2.62. The van der Waals surface area contributed by atoms with Gasteiger partial charge in [0.2, 0.25) is 0 Å². The Morgan fingerprint density at radius 3 is 2.26 bits per heavy atom. The molecule has 2 aromatic carbocycles. The Labute approximate surface area is 135 Å².